The van der Waals surface area contributed by atoms with Gasteiger partial charge in [-0.3, -0.25) is 9.79 Å². The van der Waals surface area contributed by atoms with Crippen LogP contribution in [0.25, 0.3) is 0 Å². The molecule has 3 rings (SSSR count). The van der Waals surface area contributed by atoms with Crippen molar-refractivity contribution in [3.63, 3.8) is 0 Å². The quantitative estimate of drug-likeness (QED) is 0.468. The topological polar surface area (TPSA) is 91.3 Å². The number of hydrogen-bond acceptors (Lipinski definition) is 4. The maximum absolute atomic E-state index is 12.8. The predicted octanol–water partition coefficient (Wildman–Crippen LogP) is 3.57. The summed E-state index contributed by atoms with van der Waals surface area (Å²) in [7, 11) is 0. The van der Waals surface area contributed by atoms with Crippen LogP contribution in [0.15, 0.2) is 35.5 Å². The monoisotopic (exact) mass is 376 g/mol. The first-order chi connectivity index (χ1) is 13.7. The fraction of sp³-hybridized carbons (Fsp3) is 0.500. The summed E-state index contributed by atoms with van der Waals surface area (Å²) in [4.78, 5) is 17.4. The van der Waals surface area contributed by atoms with Crippen LogP contribution in [0.3, 0.4) is 0 Å². The zero-order chi connectivity index (χ0) is 19.9. The maximum atomic E-state index is 12.8. The third kappa shape index (κ3) is 4.47. The number of carbonyl (C=O) groups excluding carboxylic acids is 1. The van der Waals surface area contributed by atoms with Gasteiger partial charge in [0.05, 0.1) is 11.8 Å². The number of nitriles is 1. The number of fused-ring (bicyclic) bond motifs is 1. The van der Waals surface area contributed by atoms with E-state index in [9.17, 15) is 10.1 Å². The Hall–Kier alpha value is -2.55. The summed E-state index contributed by atoms with van der Waals surface area (Å²) in [6.07, 6.45) is 10.1. The summed E-state index contributed by atoms with van der Waals surface area (Å²) >= 11 is 0. The van der Waals surface area contributed by atoms with E-state index in [1.54, 1.807) is 0 Å². The third-order valence-electron chi connectivity index (χ3n) is 5.92. The summed E-state index contributed by atoms with van der Waals surface area (Å²) in [5.41, 5.74) is 10.0. The predicted molar refractivity (Wildman–Crippen MR) is 114 cm³/mol. The summed E-state index contributed by atoms with van der Waals surface area (Å²) in [6.45, 7) is 2.58. The van der Waals surface area contributed by atoms with E-state index in [0.717, 1.165) is 56.1 Å². The van der Waals surface area contributed by atoms with Gasteiger partial charge in [-0.1, -0.05) is 31.3 Å². The van der Waals surface area contributed by atoms with Crippen LogP contribution < -0.4 is 11.1 Å². The molecule has 0 aromatic heterocycles. The fourth-order valence-electron chi connectivity index (χ4n) is 4.50. The Morgan fingerprint density at radius 2 is 2.25 bits per heavy atom. The Morgan fingerprint density at radius 3 is 3.00 bits per heavy atom. The van der Waals surface area contributed by atoms with E-state index in [2.05, 4.69) is 34.5 Å². The number of amides is 1. The number of aryl methyl sites for hydroxylation is 1. The molecular weight excluding hydrogens is 347 g/mol. The van der Waals surface area contributed by atoms with Crippen LogP contribution in [0.1, 0.15) is 61.8 Å². The highest BCUT2D eigenvalue weighted by Gasteiger charge is 2.37. The van der Waals surface area contributed by atoms with Crippen LogP contribution in [0.2, 0.25) is 12.1 Å². The number of nitrogens with zero attached hydrogens (tertiary/aromatic N) is 2. The molecule has 1 fully saturated rings. The van der Waals surface area contributed by atoms with Crippen molar-refractivity contribution >= 4 is 18.3 Å². The number of aliphatic imine (C=N–C) groups is 1. The molecule has 0 bridgehead atoms. The van der Waals surface area contributed by atoms with Crippen LogP contribution in [0.5, 0.6) is 0 Å². The van der Waals surface area contributed by atoms with E-state index in [1.165, 1.54) is 17.3 Å². The Balaban J connectivity index is 1.84. The molecule has 0 saturated carbocycles. The van der Waals surface area contributed by atoms with Gasteiger partial charge in [-0.05, 0) is 67.6 Å². The molecule has 2 aliphatic rings. The SMILES string of the molecule is CCN=C(/C=C\N)c1ccc2c(c1)CCCCC2NC(=O)C1CCCB1C#N. The van der Waals surface area contributed by atoms with Crippen LogP contribution >= 0.6 is 0 Å². The molecule has 2 unspecified atom stereocenters. The first-order valence-electron chi connectivity index (χ1n) is 10.4. The molecule has 0 spiro atoms. The molecule has 1 aromatic rings. The van der Waals surface area contributed by atoms with Crippen LogP contribution in [-0.4, -0.2) is 24.9 Å². The molecular formula is C22H29BN4O. The second kappa shape index (κ2) is 9.59. The highest BCUT2D eigenvalue weighted by atomic mass is 16.1. The first-order valence-corrected chi connectivity index (χ1v) is 10.4. The number of nitrogens with two attached hydrogens (primary N) is 1. The molecule has 0 radical (unpaired) electrons. The molecule has 1 aliphatic carbocycles. The molecule has 3 N–H and O–H groups in total. The van der Waals surface area contributed by atoms with Crippen LogP contribution in [0, 0.1) is 11.2 Å². The molecule has 1 saturated heterocycles. The first kappa shape index (κ1) is 20.2. The van der Waals surface area contributed by atoms with Gasteiger partial charge < -0.3 is 11.1 Å². The summed E-state index contributed by atoms with van der Waals surface area (Å²) in [5.74, 6) is 2.20. The zero-order valence-corrected chi connectivity index (χ0v) is 16.7. The largest absolute Gasteiger partial charge is 0.405 e. The molecule has 1 amide bonds. The summed E-state index contributed by atoms with van der Waals surface area (Å²) in [5, 5.41) is 12.6. The van der Waals surface area contributed by atoms with Crippen LogP contribution in [-0.2, 0) is 11.2 Å². The van der Waals surface area contributed by atoms with Crippen molar-refractivity contribution in [2.45, 2.75) is 63.6 Å². The normalized spacial score (nSPS) is 22.6. The molecule has 5 nitrogen and oxygen atoms in total. The van der Waals surface area contributed by atoms with Gasteiger partial charge in [-0.25, -0.2) is 5.26 Å². The molecule has 1 heterocycles. The zero-order valence-electron chi connectivity index (χ0n) is 16.7. The van der Waals surface area contributed by atoms with Crippen molar-refractivity contribution in [1.82, 2.24) is 5.32 Å². The molecule has 1 aliphatic heterocycles. The standard InChI is InChI=1S/C22H29BN4O/c1-2-26-20(11-13-24)17-9-10-18-16(14-17)6-3-4-8-21(18)27-22(28)19-7-5-12-23(19)15-25/h9-11,13-14,19,21H,2-8,12,24H2,1H3,(H,27,28)/b13-11-,26-20?. The van der Waals surface area contributed by atoms with E-state index >= 15 is 0 Å². The molecule has 6 heteroatoms. The van der Waals surface area contributed by atoms with Crippen molar-refractivity contribution in [2.24, 2.45) is 10.7 Å². The number of allylic oxidation sites excluding steroid dienone is 1. The van der Waals surface area contributed by atoms with E-state index in [4.69, 9.17) is 5.73 Å². The lowest BCUT2D eigenvalue weighted by Crippen LogP contribution is -2.35. The van der Waals surface area contributed by atoms with Crippen LogP contribution in [0.4, 0.5) is 0 Å². The average molecular weight is 376 g/mol. The van der Waals surface area contributed by atoms with Gasteiger partial charge in [-0.2, -0.15) is 0 Å². The average Bonchev–Trinajstić information content (AvgIpc) is 3.10. The van der Waals surface area contributed by atoms with E-state index in [0.29, 0.717) is 6.54 Å². The minimum atomic E-state index is -0.158. The van der Waals surface area contributed by atoms with Gasteiger partial charge in [0, 0.05) is 18.3 Å². The van der Waals surface area contributed by atoms with E-state index in [1.807, 2.05) is 13.0 Å². The van der Waals surface area contributed by atoms with Gasteiger partial charge in [0.1, 0.15) is 0 Å². The summed E-state index contributed by atoms with van der Waals surface area (Å²) < 4.78 is 0. The van der Waals surface area contributed by atoms with Gasteiger partial charge in [0.2, 0.25) is 5.91 Å². The fourth-order valence-corrected chi connectivity index (χ4v) is 4.50. The highest BCUT2D eigenvalue weighted by molar-refractivity contribution is 6.72. The Labute approximate surface area is 168 Å². The Bertz CT molecular complexity index is 811. The smallest absolute Gasteiger partial charge is 0.280 e. The van der Waals surface area contributed by atoms with E-state index in [-0.39, 0.29) is 24.5 Å². The van der Waals surface area contributed by atoms with Crippen molar-refractivity contribution in [3.8, 4) is 5.97 Å². The number of hydrogen-bond donors (Lipinski definition) is 2. The number of benzene rings is 1. The second-order valence-corrected chi connectivity index (χ2v) is 7.71. The minimum Gasteiger partial charge on any atom is -0.405 e. The van der Waals surface area contributed by atoms with Gasteiger partial charge in [-0.15, -0.1) is 0 Å². The number of rotatable bonds is 5. The maximum Gasteiger partial charge on any atom is 0.280 e. The highest BCUT2D eigenvalue weighted by Crippen LogP contribution is 2.34. The van der Waals surface area contributed by atoms with Gasteiger partial charge in [0.25, 0.3) is 6.71 Å². The van der Waals surface area contributed by atoms with Crippen molar-refractivity contribution in [3.05, 3.63) is 47.2 Å². The molecule has 146 valence electrons. The molecule has 1 aromatic carbocycles. The number of carbonyl (C=O) groups is 1. The lowest BCUT2D eigenvalue weighted by atomic mass is 9.44. The minimum absolute atomic E-state index is 0.0237. The van der Waals surface area contributed by atoms with Crippen molar-refractivity contribution < 1.29 is 4.79 Å². The number of nitrogens with one attached hydrogen (secondary N) is 1. The summed E-state index contributed by atoms with van der Waals surface area (Å²) in [6, 6.07) is 6.43. The lowest BCUT2D eigenvalue weighted by molar-refractivity contribution is -0.121. The van der Waals surface area contributed by atoms with Crippen molar-refractivity contribution in [1.29, 1.82) is 5.26 Å². The van der Waals surface area contributed by atoms with Crippen molar-refractivity contribution in [2.75, 3.05) is 6.54 Å². The van der Waals surface area contributed by atoms with Gasteiger partial charge in [0.15, 0.2) is 0 Å². The second-order valence-electron chi connectivity index (χ2n) is 7.71. The molecule has 2 atom stereocenters. The third-order valence-corrected chi connectivity index (χ3v) is 5.92. The van der Waals surface area contributed by atoms with Gasteiger partial charge >= 0.3 is 0 Å². The van der Waals surface area contributed by atoms with E-state index < -0.39 is 0 Å². The molecule has 28 heavy (non-hydrogen) atoms. The lowest BCUT2D eigenvalue weighted by Gasteiger charge is -2.22. The Kier molecular flexibility index (Phi) is 6.92. The Morgan fingerprint density at radius 1 is 1.39 bits per heavy atom.